The minimum Gasteiger partial charge on any atom is -0.494 e. The zero-order chi connectivity index (χ0) is 25.3. The summed E-state index contributed by atoms with van der Waals surface area (Å²) in [5.41, 5.74) is -0.727. The van der Waals surface area contributed by atoms with Crippen LogP contribution in [-0.2, 0) is 12.8 Å². The van der Waals surface area contributed by atoms with Crippen LogP contribution >= 0.6 is 0 Å². The van der Waals surface area contributed by atoms with Gasteiger partial charge in [0.2, 0.25) is 0 Å². The van der Waals surface area contributed by atoms with Crippen molar-refractivity contribution in [1.29, 1.82) is 0 Å². The molecule has 1 saturated carbocycles. The zero-order valence-corrected chi connectivity index (χ0v) is 20.7. The summed E-state index contributed by atoms with van der Waals surface area (Å²) in [7, 11) is 0. The zero-order valence-electron chi connectivity index (χ0n) is 20.7. The number of unbranched alkanes of at least 4 members (excludes halogenated alkanes) is 2. The second-order valence-electron chi connectivity index (χ2n) is 9.34. The number of alkyl halides is 3. The van der Waals surface area contributed by atoms with Crippen LogP contribution < -0.4 is 9.47 Å². The number of hydrogen-bond donors (Lipinski definition) is 0. The Morgan fingerprint density at radius 2 is 1.63 bits per heavy atom. The average Bonchev–Trinajstić information content (AvgIpc) is 2.83. The average molecular weight is 493 g/mol. The predicted octanol–water partition coefficient (Wildman–Crippen LogP) is 9.22. The predicted molar refractivity (Wildman–Crippen MR) is 132 cm³/mol. The van der Waals surface area contributed by atoms with Crippen LogP contribution in [0.15, 0.2) is 42.5 Å². The third-order valence-corrected chi connectivity index (χ3v) is 6.71. The van der Waals surface area contributed by atoms with Gasteiger partial charge in [-0.1, -0.05) is 63.0 Å². The molecule has 1 aliphatic carbocycles. The molecule has 0 unspecified atom stereocenters. The Labute approximate surface area is 206 Å². The number of hydrogen-bond acceptors (Lipinski definition) is 2. The summed E-state index contributed by atoms with van der Waals surface area (Å²) in [5.74, 6) is -0.137. The van der Waals surface area contributed by atoms with Gasteiger partial charge in [-0.3, -0.25) is 0 Å². The molecule has 0 saturated heterocycles. The largest absolute Gasteiger partial charge is 0.494 e. The first-order valence-corrected chi connectivity index (χ1v) is 12.7. The van der Waals surface area contributed by atoms with E-state index in [9.17, 15) is 17.6 Å². The summed E-state index contributed by atoms with van der Waals surface area (Å²) in [4.78, 5) is 0. The first kappa shape index (κ1) is 27.1. The molecular formula is C29H36F4O2. The molecule has 0 atom stereocenters. The Balaban J connectivity index is 1.66. The van der Waals surface area contributed by atoms with Gasteiger partial charge in [0.25, 0.3) is 0 Å². The van der Waals surface area contributed by atoms with E-state index in [0.29, 0.717) is 17.9 Å². The summed E-state index contributed by atoms with van der Waals surface area (Å²) in [6.07, 6.45) is 7.56. The van der Waals surface area contributed by atoms with E-state index in [1.165, 1.54) is 43.9 Å². The lowest BCUT2D eigenvalue weighted by atomic mass is 9.79. The van der Waals surface area contributed by atoms with E-state index in [4.69, 9.17) is 9.47 Å². The van der Waals surface area contributed by atoms with Gasteiger partial charge in [-0.15, -0.1) is 0 Å². The third-order valence-electron chi connectivity index (χ3n) is 6.71. The lowest BCUT2D eigenvalue weighted by molar-refractivity contribution is -0.140. The highest BCUT2D eigenvalue weighted by Gasteiger charge is 2.38. The summed E-state index contributed by atoms with van der Waals surface area (Å²) in [6, 6.07) is 9.54. The molecule has 0 spiro atoms. The van der Waals surface area contributed by atoms with Gasteiger partial charge in [-0.05, 0) is 73.8 Å². The molecule has 0 bridgehead atoms. The molecule has 192 valence electrons. The highest BCUT2D eigenvalue weighted by atomic mass is 19.4. The van der Waals surface area contributed by atoms with Gasteiger partial charge in [0.05, 0.1) is 6.61 Å². The molecule has 0 heterocycles. The Morgan fingerprint density at radius 3 is 2.26 bits per heavy atom. The van der Waals surface area contributed by atoms with Gasteiger partial charge in [0.15, 0.2) is 11.6 Å². The van der Waals surface area contributed by atoms with Crippen molar-refractivity contribution < 1.29 is 27.0 Å². The Kier molecular flexibility index (Phi) is 10.1. The van der Waals surface area contributed by atoms with Crippen molar-refractivity contribution in [2.75, 3.05) is 6.61 Å². The topological polar surface area (TPSA) is 18.5 Å². The molecular weight excluding hydrogens is 456 g/mol. The van der Waals surface area contributed by atoms with E-state index < -0.39 is 23.3 Å². The molecule has 0 radical (unpaired) electrons. The fourth-order valence-electron chi connectivity index (χ4n) is 4.71. The maximum Gasteiger partial charge on any atom is 0.419 e. The van der Waals surface area contributed by atoms with Crippen molar-refractivity contribution >= 4 is 6.08 Å². The van der Waals surface area contributed by atoms with E-state index in [1.54, 1.807) is 24.3 Å². The van der Waals surface area contributed by atoms with Crippen LogP contribution in [0, 0.1) is 17.7 Å². The van der Waals surface area contributed by atoms with E-state index >= 15 is 0 Å². The highest BCUT2D eigenvalue weighted by Crippen LogP contribution is 2.39. The molecule has 2 aromatic rings. The van der Waals surface area contributed by atoms with Crippen LogP contribution in [0.1, 0.15) is 81.9 Å². The molecule has 6 heteroatoms. The smallest absolute Gasteiger partial charge is 0.419 e. The summed E-state index contributed by atoms with van der Waals surface area (Å²) >= 11 is 0. The second-order valence-corrected chi connectivity index (χ2v) is 9.34. The molecule has 0 amide bonds. The Hall–Kier alpha value is -2.50. The quantitative estimate of drug-likeness (QED) is 0.230. The minimum atomic E-state index is -4.82. The van der Waals surface area contributed by atoms with Crippen LogP contribution in [0.25, 0.3) is 6.08 Å². The molecule has 0 aromatic heterocycles. The standard InChI is InChI=1S/C29H36F4O2/c1-3-5-6-7-21-8-10-22(11-9-21)12-15-24-16-19-26(28(30)27(24)29(31,32)33)35-20-23-13-17-25(18-14-23)34-4-2/h12-19,21-22H,3-11,20H2,1-2H3/b15-12+. The first-order valence-electron chi connectivity index (χ1n) is 12.7. The summed E-state index contributed by atoms with van der Waals surface area (Å²) < 4.78 is 67.1. The summed E-state index contributed by atoms with van der Waals surface area (Å²) in [5, 5.41) is 0. The van der Waals surface area contributed by atoms with Gasteiger partial charge in [0.1, 0.15) is 17.9 Å². The SMILES string of the molecule is CCCCCC1CCC(/C=C/c2ccc(OCc3ccc(OCC)cc3)c(F)c2C(F)(F)F)CC1. The first-order chi connectivity index (χ1) is 16.8. The van der Waals surface area contributed by atoms with E-state index in [1.807, 2.05) is 13.0 Å². The fourth-order valence-corrected chi connectivity index (χ4v) is 4.71. The summed E-state index contributed by atoms with van der Waals surface area (Å²) in [6.45, 7) is 4.55. The molecule has 2 nitrogen and oxygen atoms in total. The van der Waals surface area contributed by atoms with Gasteiger partial charge in [-0.2, -0.15) is 13.2 Å². The number of allylic oxidation sites excluding steroid dienone is 1. The molecule has 0 aliphatic heterocycles. The Morgan fingerprint density at radius 1 is 0.914 bits per heavy atom. The fraction of sp³-hybridized carbons (Fsp3) is 0.517. The number of benzene rings is 2. The van der Waals surface area contributed by atoms with Gasteiger partial charge in [-0.25, -0.2) is 4.39 Å². The third kappa shape index (κ3) is 8.01. The van der Waals surface area contributed by atoms with Gasteiger partial charge in [0, 0.05) is 0 Å². The van der Waals surface area contributed by atoms with Crippen molar-refractivity contribution in [2.24, 2.45) is 11.8 Å². The van der Waals surface area contributed by atoms with E-state index in [2.05, 4.69) is 6.92 Å². The van der Waals surface area contributed by atoms with Gasteiger partial charge >= 0.3 is 6.18 Å². The van der Waals surface area contributed by atoms with E-state index in [-0.39, 0.29) is 18.1 Å². The van der Waals surface area contributed by atoms with Crippen LogP contribution in [-0.4, -0.2) is 6.61 Å². The maximum atomic E-state index is 15.0. The normalized spacial score (nSPS) is 18.7. The molecule has 1 fully saturated rings. The van der Waals surface area contributed by atoms with Crippen molar-refractivity contribution in [3.05, 3.63) is 65.0 Å². The van der Waals surface area contributed by atoms with Crippen LogP contribution in [0.4, 0.5) is 17.6 Å². The van der Waals surface area contributed by atoms with Crippen molar-refractivity contribution in [2.45, 2.75) is 78.0 Å². The number of halogens is 4. The minimum absolute atomic E-state index is 0.0443. The monoisotopic (exact) mass is 492 g/mol. The molecule has 3 rings (SSSR count). The van der Waals surface area contributed by atoms with Crippen LogP contribution in [0.5, 0.6) is 11.5 Å². The lowest BCUT2D eigenvalue weighted by Crippen LogP contribution is -2.14. The van der Waals surface area contributed by atoms with Gasteiger partial charge < -0.3 is 9.47 Å². The van der Waals surface area contributed by atoms with E-state index in [0.717, 1.165) is 31.6 Å². The highest BCUT2D eigenvalue weighted by molar-refractivity contribution is 5.57. The Bertz CT molecular complexity index is 942. The van der Waals surface area contributed by atoms with Crippen LogP contribution in [0.2, 0.25) is 0 Å². The van der Waals surface area contributed by atoms with Crippen molar-refractivity contribution in [3.63, 3.8) is 0 Å². The molecule has 1 aliphatic rings. The number of ether oxygens (including phenoxy) is 2. The number of rotatable bonds is 11. The maximum absolute atomic E-state index is 15.0. The van der Waals surface area contributed by atoms with Crippen LogP contribution in [0.3, 0.4) is 0 Å². The molecule has 2 aromatic carbocycles. The van der Waals surface area contributed by atoms with Crippen molar-refractivity contribution in [3.8, 4) is 11.5 Å². The van der Waals surface area contributed by atoms with Crippen molar-refractivity contribution in [1.82, 2.24) is 0 Å². The lowest BCUT2D eigenvalue weighted by Gasteiger charge is -2.26. The molecule has 35 heavy (non-hydrogen) atoms. The second kappa shape index (κ2) is 13.0. The molecule has 0 N–H and O–H groups in total.